The van der Waals surface area contributed by atoms with Gasteiger partial charge in [0.05, 0.1) is 6.67 Å². The number of thioether (sulfide) groups is 1. The highest BCUT2D eigenvalue weighted by Crippen LogP contribution is 2.19. The van der Waals surface area contributed by atoms with Gasteiger partial charge >= 0.3 is 0 Å². The molecule has 0 atom stereocenters. The predicted octanol–water partition coefficient (Wildman–Crippen LogP) is 1.49. The number of aromatic nitrogens is 1. The third-order valence-corrected chi connectivity index (χ3v) is 5.06. The Morgan fingerprint density at radius 3 is 2.63 bits per heavy atom. The second-order valence-corrected chi connectivity index (χ2v) is 6.54. The van der Waals surface area contributed by atoms with Crippen LogP contribution in [0.1, 0.15) is 0 Å². The van der Waals surface area contributed by atoms with Gasteiger partial charge in [0.2, 0.25) is 0 Å². The van der Waals surface area contributed by atoms with E-state index < -0.39 is 0 Å². The molecule has 6 heteroatoms. The number of anilines is 1. The zero-order valence-electron chi connectivity index (χ0n) is 10.9. The summed E-state index contributed by atoms with van der Waals surface area (Å²) in [6, 6.07) is 6.10. The van der Waals surface area contributed by atoms with Crippen LogP contribution in [0.5, 0.6) is 0 Å². The Balaban J connectivity index is 1.51. The lowest BCUT2D eigenvalue weighted by molar-refractivity contribution is 0.187. The monoisotopic (exact) mass is 294 g/mol. The summed E-state index contributed by atoms with van der Waals surface area (Å²) in [7, 11) is 0. The minimum absolute atomic E-state index is 0.988. The minimum Gasteiger partial charge on any atom is -0.354 e. The summed E-state index contributed by atoms with van der Waals surface area (Å²) in [5.74, 6) is 2.24. The molecule has 0 radical (unpaired) electrons. The van der Waals surface area contributed by atoms with Crippen molar-refractivity contribution in [2.75, 3.05) is 50.0 Å². The smallest absolute Gasteiger partial charge is 0.137 e. The molecule has 0 N–H and O–H groups in total. The Morgan fingerprint density at radius 2 is 2.00 bits per heavy atom. The molecule has 102 valence electrons. The lowest BCUT2D eigenvalue weighted by atomic mass is 10.3. The molecule has 0 unspecified atom stereocenters. The Hall–Kier alpha value is -0.850. The Labute approximate surface area is 123 Å². The minimum atomic E-state index is 0.988. The first-order valence-electron chi connectivity index (χ1n) is 6.63. The normalized spacial score (nSPS) is 21.2. The zero-order valence-corrected chi connectivity index (χ0v) is 12.5. The number of thiocarbonyl (C=S) groups is 1. The van der Waals surface area contributed by atoms with E-state index in [1.807, 2.05) is 12.3 Å². The van der Waals surface area contributed by atoms with E-state index in [1.165, 1.54) is 0 Å². The van der Waals surface area contributed by atoms with Crippen LogP contribution in [0.3, 0.4) is 0 Å². The average molecular weight is 294 g/mol. The van der Waals surface area contributed by atoms with Crippen LogP contribution < -0.4 is 4.90 Å². The molecule has 2 aliphatic rings. The molecule has 0 aromatic carbocycles. The average Bonchev–Trinajstić information content (AvgIpc) is 2.86. The number of rotatable bonds is 3. The highest BCUT2D eigenvalue weighted by Gasteiger charge is 2.23. The molecule has 1 aromatic heterocycles. The molecule has 0 aliphatic carbocycles. The van der Waals surface area contributed by atoms with Crippen molar-refractivity contribution in [1.82, 2.24) is 14.8 Å². The molecule has 0 saturated carbocycles. The van der Waals surface area contributed by atoms with Gasteiger partial charge in [0.25, 0.3) is 0 Å². The zero-order chi connectivity index (χ0) is 13.1. The van der Waals surface area contributed by atoms with Crippen LogP contribution in [0.15, 0.2) is 24.4 Å². The van der Waals surface area contributed by atoms with Crippen molar-refractivity contribution in [3.05, 3.63) is 24.4 Å². The van der Waals surface area contributed by atoms with Gasteiger partial charge < -0.3 is 9.80 Å². The summed E-state index contributed by atoms with van der Waals surface area (Å²) in [4.78, 5) is 11.6. The van der Waals surface area contributed by atoms with Gasteiger partial charge in [-0.25, -0.2) is 4.98 Å². The van der Waals surface area contributed by atoms with Gasteiger partial charge in [0.1, 0.15) is 10.1 Å². The van der Waals surface area contributed by atoms with Crippen LogP contribution in [0.4, 0.5) is 5.82 Å². The molecule has 19 heavy (non-hydrogen) atoms. The van der Waals surface area contributed by atoms with E-state index >= 15 is 0 Å². The van der Waals surface area contributed by atoms with E-state index in [1.54, 1.807) is 11.8 Å². The maximum absolute atomic E-state index is 5.35. The van der Waals surface area contributed by atoms with E-state index in [0.29, 0.717) is 0 Å². The third kappa shape index (κ3) is 3.19. The van der Waals surface area contributed by atoms with Crippen LogP contribution in [-0.2, 0) is 0 Å². The van der Waals surface area contributed by atoms with Gasteiger partial charge in [0.15, 0.2) is 0 Å². The van der Waals surface area contributed by atoms with Crippen LogP contribution in [0.25, 0.3) is 0 Å². The number of hydrogen-bond donors (Lipinski definition) is 0. The molecule has 0 amide bonds. The fraction of sp³-hybridized carbons (Fsp3) is 0.538. The van der Waals surface area contributed by atoms with Gasteiger partial charge in [0, 0.05) is 44.7 Å². The molecule has 2 saturated heterocycles. The highest BCUT2D eigenvalue weighted by molar-refractivity contribution is 8.23. The van der Waals surface area contributed by atoms with Crippen LogP contribution in [0.2, 0.25) is 0 Å². The largest absolute Gasteiger partial charge is 0.354 e. The van der Waals surface area contributed by atoms with Crippen molar-refractivity contribution in [3.8, 4) is 0 Å². The van der Waals surface area contributed by atoms with Gasteiger partial charge in [-0.3, -0.25) is 4.90 Å². The lowest BCUT2D eigenvalue weighted by Gasteiger charge is -2.37. The number of piperazine rings is 1. The van der Waals surface area contributed by atoms with Crippen LogP contribution >= 0.6 is 24.0 Å². The van der Waals surface area contributed by atoms with E-state index in [-0.39, 0.29) is 0 Å². The summed E-state index contributed by atoms with van der Waals surface area (Å²) < 4.78 is 1.06. The molecule has 0 bridgehead atoms. The first-order valence-corrected chi connectivity index (χ1v) is 8.02. The van der Waals surface area contributed by atoms with Gasteiger partial charge in [-0.15, -0.1) is 0 Å². The Kier molecular flexibility index (Phi) is 4.20. The molecular formula is C13H18N4S2. The van der Waals surface area contributed by atoms with Crippen molar-refractivity contribution in [2.24, 2.45) is 0 Å². The fourth-order valence-corrected chi connectivity index (χ4v) is 3.67. The van der Waals surface area contributed by atoms with Crippen molar-refractivity contribution >= 4 is 34.1 Å². The molecule has 2 aliphatic heterocycles. The second kappa shape index (κ2) is 6.07. The molecule has 2 fully saturated rings. The first-order chi connectivity index (χ1) is 9.33. The first kappa shape index (κ1) is 13.1. The van der Waals surface area contributed by atoms with Gasteiger partial charge in [-0.1, -0.05) is 30.0 Å². The molecule has 3 rings (SSSR count). The van der Waals surface area contributed by atoms with Crippen molar-refractivity contribution in [3.63, 3.8) is 0 Å². The van der Waals surface area contributed by atoms with E-state index in [4.69, 9.17) is 12.2 Å². The summed E-state index contributed by atoms with van der Waals surface area (Å²) in [5, 5.41) is 0. The standard InChI is InChI=1S/C13H18N4S2/c18-13-17(9-10-19-13)11-15-5-7-16(8-6-15)12-3-1-2-4-14-12/h1-4H,5-11H2. The Morgan fingerprint density at radius 1 is 1.16 bits per heavy atom. The van der Waals surface area contributed by atoms with Crippen molar-refractivity contribution < 1.29 is 0 Å². The van der Waals surface area contributed by atoms with E-state index in [2.05, 4.69) is 31.8 Å². The summed E-state index contributed by atoms with van der Waals surface area (Å²) >= 11 is 7.15. The number of hydrogen-bond acceptors (Lipinski definition) is 5. The molecule has 3 heterocycles. The summed E-state index contributed by atoms with van der Waals surface area (Å²) in [6.07, 6.45) is 1.86. The predicted molar refractivity (Wildman–Crippen MR) is 84.7 cm³/mol. The van der Waals surface area contributed by atoms with Crippen LogP contribution in [-0.4, -0.2) is 64.2 Å². The summed E-state index contributed by atoms with van der Waals surface area (Å²) in [5.41, 5.74) is 0. The van der Waals surface area contributed by atoms with Crippen LogP contribution in [0, 0.1) is 0 Å². The summed E-state index contributed by atoms with van der Waals surface area (Å²) in [6.45, 7) is 6.35. The molecule has 0 spiro atoms. The second-order valence-electron chi connectivity index (χ2n) is 4.81. The quantitative estimate of drug-likeness (QED) is 0.783. The van der Waals surface area contributed by atoms with Gasteiger partial charge in [-0.2, -0.15) is 0 Å². The van der Waals surface area contributed by atoms with E-state index in [0.717, 1.165) is 55.3 Å². The molecule has 4 nitrogen and oxygen atoms in total. The SMILES string of the molecule is S=C1SCCN1CN1CCN(c2ccccn2)CC1. The maximum Gasteiger partial charge on any atom is 0.137 e. The van der Waals surface area contributed by atoms with Crippen molar-refractivity contribution in [1.29, 1.82) is 0 Å². The number of nitrogens with zero attached hydrogens (tertiary/aromatic N) is 4. The highest BCUT2D eigenvalue weighted by atomic mass is 32.2. The maximum atomic E-state index is 5.35. The van der Waals surface area contributed by atoms with Gasteiger partial charge in [-0.05, 0) is 12.1 Å². The molecule has 1 aromatic rings. The third-order valence-electron chi connectivity index (χ3n) is 3.56. The lowest BCUT2D eigenvalue weighted by Crippen LogP contribution is -2.50. The van der Waals surface area contributed by atoms with Crippen molar-refractivity contribution in [2.45, 2.75) is 0 Å². The topological polar surface area (TPSA) is 22.6 Å². The number of pyridine rings is 1. The van der Waals surface area contributed by atoms with E-state index in [9.17, 15) is 0 Å². The molecular weight excluding hydrogens is 276 g/mol. The fourth-order valence-electron chi connectivity index (χ4n) is 2.45. The Bertz CT molecular complexity index is 432.